The molecule has 0 aliphatic rings. The van der Waals surface area contributed by atoms with Gasteiger partial charge in [0, 0.05) is 46.5 Å². The number of nitrogens with one attached hydrogen (secondary N) is 2. The highest BCUT2D eigenvalue weighted by Crippen LogP contribution is 2.38. The summed E-state index contributed by atoms with van der Waals surface area (Å²) in [6.45, 7) is 0. The number of halogens is 4. The number of hydrogen-bond acceptors (Lipinski definition) is 7. The summed E-state index contributed by atoms with van der Waals surface area (Å²) in [5, 5.41) is 9.60. The Hall–Kier alpha value is -3.77. The summed E-state index contributed by atoms with van der Waals surface area (Å²) in [4.78, 5) is 39.3. The van der Waals surface area contributed by atoms with E-state index in [1.54, 1.807) is 60.7 Å². The number of hydrazone groups is 1. The van der Waals surface area contributed by atoms with Gasteiger partial charge in [-0.3, -0.25) is 9.59 Å². The summed E-state index contributed by atoms with van der Waals surface area (Å²) in [5.41, 5.74) is 3.69. The van der Waals surface area contributed by atoms with Gasteiger partial charge in [0.15, 0.2) is 0 Å². The zero-order valence-electron chi connectivity index (χ0n) is 22.6. The Labute approximate surface area is 287 Å². The van der Waals surface area contributed by atoms with Gasteiger partial charge < -0.3 is 10.1 Å². The van der Waals surface area contributed by atoms with Gasteiger partial charge >= 0.3 is 5.97 Å². The molecule has 0 bridgehead atoms. The molecule has 6 rings (SSSR count). The smallest absolute Gasteiger partial charge is 0.355 e. The van der Waals surface area contributed by atoms with Crippen LogP contribution in [-0.4, -0.2) is 24.0 Å². The monoisotopic (exact) mass is 755 g/mol. The lowest BCUT2D eigenvalue weighted by Crippen LogP contribution is -2.18. The molecule has 0 radical (unpaired) electrons. The van der Waals surface area contributed by atoms with Crippen LogP contribution in [0, 0.1) is 0 Å². The highest BCUT2D eigenvalue weighted by molar-refractivity contribution is 9.10. The Bertz CT molecular complexity index is 2160. The second-order valence-electron chi connectivity index (χ2n) is 9.43. The molecule has 2 aromatic heterocycles. The number of hydrogen-bond donors (Lipinski definition) is 2. The zero-order valence-corrected chi connectivity index (χ0v) is 28.1. The quantitative estimate of drug-likeness (QED) is 0.0734. The first-order valence-corrected chi connectivity index (χ1v) is 16.5. The molecule has 13 heteroatoms. The Morgan fingerprint density at radius 3 is 2.27 bits per heavy atom. The van der Waals surface area contributed by atoms with Gasteiger partial charge in [0.1, 0.15) is 15.5 Å². The molecule has 0 saturated carbocycles. The molecule has 2 amide bonds. The van der Waals surface area contributed by atoms with E-state index in [0.29, 0.717) is 41.6 Å². The molecule has 0 spiro atoms. The zero-order chi connectivity index (χ0) is 31.7. The second kappa shape index (κ2) is 13.3. The standard InChI is InChI=1S/C32H17BrCl3N3O4S2/c33-18-7-12-23(43-32(42)29-27(36)22-11-8-19(34)14-25(22)45-29)17(13-18)15-37-39-30(40)16-5-9-20(10-6-16)38-31(41)28-26(35)21-3-1-2-4-24(21)44-28/h1-15H,(H,38,41)(H,39,40)/b37-15-. The Morgan fingerprint density at radius 1 is 0.778 bits per heavy atom. The van der Waals surface area contributed by atoms with E-state index in [-0.39, 0.29) is 21.6 Å². The molecule has 6 aromatic rings. The van der Waals surface area contributed by atoms with Crippen LogP contribution < -0.4 is 15.5 Å². The summed E-state index contributed by atoms with van der Waals surface area (Å²) in [6, 6.07) is 24.0. The normalized spacial score (nSPS) is 11.3. The van der Waals surface area contributed by atoms with Crippen LogP contribution in [0.3, 0.4) is 0 Å². The largest absolute Gasteiger partial charge is 0.422 e. The number of benzene rings is 4. The minimum Gasteiger partial charge on any atom is -0.422 e. The third kappa shape index (κ3) is 6.76. The molecule has 2 heterocycles. The molecule has 4 aromatic carbocycles. The van der Waals surface area contributed by atoms with Gasteiger partial charge in [-0.15, -0.1) is 22.7 Å². The number of esters is 1. The van der Waals surface area contributed by atoms with Crippen molar-refractivity contribution in [3.8, 4) is 5.75 Å². The fourth-order valence-electron chi connectivity index (χ4n) is 4.31. The number of carbonyl (C=O) groups is 3. The third-order valence-corrected chi connectivity index (χ3v) is 10.5. The Kier molecular flexibility index (Phi) is 9.23. The van der Waals surface area contributed by atoms with Crippen molar-refractivity contribution in [2.75, 3.05) is 5.32 Å². The molecule has 0 atom stereocenters. The fraction of sp³-hybridized carbons (Fsp3) is 0. The van der Waals surface area contributed by atoms with Gasteiger partial charge in [-0.1, -0.05) is 75.0 Å². The topological polar surface area (TPSA) is 96.9 Å². The summed E-state index contributed by atoms with van der Waals surface area (Å²) in [6.07, 6.45) is 1.36. The van der Waals surface area contributed by atoms with E-state index in [9.17, 15) is 14.4 Å². The predicted octanol–water partition coefficient (Wildman–Crippen LogP) is 10.1. The van der Waals surface area contributed by atoms with Crippen molar-refractivity contribution in [2.45, 2.75) is 0 Å². The average molecular weight is 758 g/mol. The summed E-state index contributed by atoms with van der Waals surface area (Å²) in [5.74, 6) is -1.25. The molecule has 0 fully saturated rings. The molecule has 0 aliphatic heterocycles. The van der Waals surface area contributed by atoms with Gasteiger partial charge in [0.05, 0.1) is 16.3 Å². The van der Waals surface area contributed by atoms with Crippen molar-refractivity contribution >= 4 is 123 Å². The number of rotatable bonds is 7. The van der Waals surface area contributed by atoms with Crippen molar-refractivity contribution < 1.29 is 19.1 Å². The summed E-state index contributed by atoms with van der Waals surface area (Å²) >= 11 is 24.8. The second-order valence-corrected chi connectivity index (χ2v) is 13.6. The lowest BCUT2D eigenvalue weighted by atomic mass is 10.2. The molecule has 7 nitrogen and oxygen atoms in total. The third-order valence-electron chi connectivity index (χ3n) is 6.47. The van der Waals surface area contributed by atoms with E-state index in [0.717, 1.165) is 14.8 Å². The van der Waals surface area contributed by atoms with Crippen LogP contribution in [0.4, 0.5) is 5.69 Å². The van der Waals surface area contributed by atoms with Crippen LogP contribution in [0.2, 0.25) is 15.1 Å². The van der Waals surface area contributed by atoms with Crippen LogP contribution in [0.15, 0.2) is 94.5 Å². The van der Waals surface area contributed by atoms with Gasteiger partial charge in [-0.2, -0.15) is 5.10 Å². The van der Waals surface area contributed by atoms with Crippen molar-refractivity contribution in [2.24, 2.45) is 5.10 Å². The van der Waals surface area contributed by atoms with Crippen molar-refractivity contribution in [1.82, 2.24) is 5.43 Å². The fourth-order valence-corrected chi connectivity index (χ4v) is 7.76. The maximum atomic E-state index is 13.0. The van der Waals surface area contributed by atoms with E-state index >= 15 is 0 Å². The maximum Gasteiger partial charge on any atom is 0.355 e. The minimum absolute atomic E-state index is 0.214. The Balaban J connectivity index is 1.11. The van der Waals surface area contributed by atoms with E-state index in [2.05, 4.69) is 31.8 Å². The minimum atomic E-state index is -0.639. The molecule has 224 valence electrons. The van der Waals surface area contributed by atoms with Gasteiger partial charge in [0.2, 0.25) is 0 Å². The number of thiophene rings is 2. The average Bonchev–Trinajstić information content (AvgIpc) is 3.54. The van der Waals surface area contributed by atoms with Crippen LogP contribution in [0.1, 0.15) is 35.3 Å². The lowest BCUT2D eigenvalue weighted by Gasteiger charge is -2.08. The van der Waals surface area contributed by atoms with E-state index in [4.69, 9.17) is 39.5 Å². The van der Waals surface area contributed by atoms with Crippen LogP contribution >= 0.6 is 73.4 Å². The van der Waals surface area contributed by atoms with E-state index in [1.807, 2.05) is 24.3 Å². The molecule has 0 aliphatic carbocycles. The number of nitrogens with zero attached hydrogens (tertiary/aromatic N) is 1. The lowest BCUT2D eigenvalue weighted by molar-refractivity contribution is 0.0739. The summed E-state index contributed by atoms with van der Waals surface area (Å²) < 4.78 is 8.04. The SMILES string of the molecule is O=C(N/N=C\c1cc(Br)ccc1OC(=O)c1sc2cc(Cl)ccc2c1Cl)c1ccc(NC(=O)c2sc3ccccc3c2Cl)cc1. The molecule has 2 N–H and O–H groups in total. The molecule has 45 heavy (non-hydrogen) atoms. The molecular weight excluding hydrogens is 741 g/mol. The van der Waals surface area contributed by atoms with Crippen LogP contribution in [-0.2, 0) is 0 Å². The number of carbonyl (C=O) groups excluding carboxylic acids is 3. The van der Waals surface area contributed by atoms with Gasteiger partial charge in [-0.05, 0) is 60.7 Å². The van der Waals surface area contributed by atoms with E-state index < -0.39 is 11.9 Å². The number of ether oxygens (including phenoxy) is 1. The number of anilines is 1. The first kappa shape index (κ1) is 31.2. The predicted molar refractivity (Wildman–Crippen MR) is 187 cm³/mol. The molecule has 0 unspecified atom stereocenters. The first-order valence-electron chi connectivity index (χ1n) is 13.0. The molecular formula is C32H17BrCl3N3O4S2. The van der Waals surface area contributed by atoms with Crippen LogP contribution in [0.25, 0.3) is 20.2 Å². The van der Waals surface area contributed by atoms with Gasteiger partial charge in [-0.25, -0.2) is 10.2 Å². The number of fused-ring (bicyclic) bond motifs is 2. The Morgan fingerprint density at radius 2 is 1.49 bits per heavy atom. The van der Waals surface area contributed by atoms with Crippen molar-refractivity contribution in [3.63, 3.8) is 0 Å². The highest BCUT2D eigenvalue weighted by atomic mass is 79.9. The van der Waals surface area contributed by atoms with E-state index in [1.165, 1.54) is 28.9 Å². The first-order chi connectivity index (χ1) is 21.7. The highest BCUT2D eigenvalue weighted by Gasteiger charge is 2.21. The van der Waals surface area contributed by atoms with Crippen molar-refractivity contribution in [3.05, 3.63) is 125 Å². The molecule has 0 saturated heterocycles. The maximum absolute atomic E-state index is 13.0. The van der Waals surface area contributed by atoms with Gasteiger partial charge in [0.25, 0.3) is 11.8 Å². The number of amides is 2. The van der Waals surface area contributed by atoms with Crippen LogP contribution in [0.5, 0.6) is 5.75 Å². The van der Waals surface area contributed by atoms with Crippen molar-refractivity contribution in [1.29, 1.82) is 0 Å². The summed E-state index contributed by atoms with van der Waals surface area (Å²) in [7, 11) is 0.